The molecule has 0 spiro atoms. The van der Waals surface area contributed by atoms with Gasteiger partial charge in [0.05, 0.1) is 12.2 Å². The van der Waals surface area contributed by atoms with Gasteiger partial charge in [-0.3, -0.25) is 9.59 Å². The van der Waals surface area contributed by atoms with Crippen LogP contribution in [0.2, 0.25) is 0 Å². The molecule has 0 aliphatic carbocycles. The van der Waals surface area contributed by atoms with Crippen LogP contribution in [0, 0.1) is 17.6 Å². The van der Waals surface area contributed by atoms with Crippen molar-refractivity contribution in [2.75, 3.05) is 39.4 Å². The van der Waals surface area contributed by atoms with Gasteiger partial charge in [-0.25, -0.2) is 8.78 Å². The molecule has 2 aliphatic heterocycles. The maximum atomic E-state index is 13.6. The Bertz CT molecular complexity index is 687. The molecule has 1 aromatic rings. The number of likely N-dealkylation sites (tertiary alicyclic amines) is 1. The lowest BCUT2D eigenvalue weighted by Gasteiger charge is -2.33. The smallest absolute Gasteiger partial charge is 0.254 e. The largest absolute Gasteiger partial charge is 0.381 e. The SMILES string of the molecule is O=C(CCNC(=O)c1ccc(F)cc1F)NC1CCN(CC2CCOC2)CC1. The summed E-state index contributed by atoms with van der Waals surface area (Å²) in [6.07, 6.45) is 3.07. The number of carbonyl (C=O) groups is 2. The third kappa shape index (κ3) is 5.97. The van der Waals surface area contributed by atoms with E-state index in [2.05, 4.69) is 15.5 Å². The van der Waals surface area contributed by atoms with Gasteiger partial charge in [-0.2, -0.15) is 0 Å². The number of carbonyl (C=O) groups excluding carboxylic acids is 2. The predicted octanol–water partition coefficient (Wildman–Crippen LogP) is 1.70. The number of hydrogen-bond donors (Lipinski definition) is 2. The van der Waals surface area contributed by atoms with Gasteiger partial charge in [-0.05, 0) is 37.3 Å². The Hall–Kier alpha value is -2.06. The summed E-state index contributed by atoms with van der Waals surface area (Å²) in [5.41, 5.74) is -0.234. The van der Waals surface area contributed by atoms with E-state index >= 15 is 0 Å². The fourth-order valence-corrected chi connectivity index (χ4v) is 3.71. The molecule has 154 valence electrons. The molecule has 2 amide bonds. The van der Waals surface area contributed by atoms with E-state index in [4.69, 9.17) is 4.74 Å². The lowest BCUT2D eigenvalue weighted by molar-refractivity contribution is -0.122. The molecular weight excluding hydrogens is 368 g/mol. The lowest BCUT2D eigenvalue weighted by atomic mass is 10.0. The molecule has 2 aliphatic rings. The molecule has 2 fully saturated rings. The molecule has 28 heavy (non-hydrogen) atoms. The first-order valence-electron chi connectivity index (χ1n) is 9.84. The van der Waals surface area contributed by atoms with Crippen LogP contribution in [0.25, 0.3) is 0 Å². The minimum atomic E-state index is -0.919. The number of rotatable bonds is 7. The zero-order chi connectivity index (χ0) is 19.9. The maximum Gasteiger partial charge on any atom is 0.254 e. The second-order valence-electron chi connectivity index (χ2n) is 7.50. The number of piperidine rings is 1. The van der Waals surface area contributed by atoms with E-state index in [1.165, 1.54) is 0 Å². The van der Waals surface area contributed by atoms with Crippen molar-refractivity contribution in [2.45, 2.75) is 31.7 Å². The second-order valence-corrected chi connectivity index (χ2v) is 7.50. The van der Waals surface area contributed by atoms with Gasteiger partial charge in [0.2, 0.25) is 5.91 Å². The Labute approximate surface area is 163 Å². The van der Waals surface area contributed by atoms with Gasteiger partial charge in [0, 0.05) is 51.3 Å². The summed E-state index contributed by atoms with van der Waals surface area (Å²) in [7, 11) is 0. The number of hydrogen-bond acceptors (Lipinski definition) is 4. The Morgan fingerprint density at radius 1 is 1.18 bits per heavy atom. The molecule has 0 bridgehead atoms. The number of nitrogens with one attached hydrogen (secondary N) is 2. The predicted molar refractivity (Wildman–Crippen MR) is 99.8 cm³/mol. The fourth-order valence-electron chi connectivity index (χ4n) is 3.71. The van der Waals surface area contributed by atoms with Gasteiger partial charge in [-0.1, -0.05) is 0 Å². The molecule has 1 atom stereocenters. The summed E-state index contributed by atoms with van der Waals surface area (Å²) in [5, 5.41) is 5.49. The van der Waals surface area contributed by atoms with E-state index in [0.29, 0.717) is 12.0 Å². The maximum absolute atomic E-state index is 13.6. The van der Waals surface area contributed by atoms with E-state index < -0.39 is 17.5 Å². The molecule has 0 radical (unpaired) electrons. The molecule has 1 aromatic carbocycles. The summed E-state index contributed by atoms with van der Waals surface area (Å²) in [4.78, 5) is 26.4. The summed E-state index contributed by atoms with van der Waals surface area (Å²) in [6, 6.07) is 2.92. The van der Waals surface area contributed by atoms with Crippen molar-refractivity contribution in [1.82, 2.24) is 15.5 Å². The van der Waals surface area contributed by atoms with E-state index in [9.17, 15) is 18.4 Å². The van der Waals surface area contributed by atoms with Gasteiger partial charge < -0.3 is 20.3 Å². The van der Waals surface area contributed by atoms with Gasteiger partial charge in [0.25, 0.3) is 5.91 Å². The van der Waals surface area contributed by atoms with Gasteiger partial charge in [0.15, 0.2) is 0 Å². The normalized spacial score (nSPS) is 20.9. The highest BCUT2D eigenvalue weighted by molar-refractivity contribution is 5.94. The van der Waals surface area contributed by atoms with Crippen LogP contribution in [0.15, 0.2) is 18.2 Å². The van der Waals surface area contributed by atoms with Crippen LogP contribution >= 0.6 is 0 Å². The van der Waals surface area contributed by atoms with E-state index in [-0.39, 0.29) is 30.5 Å². The average molecular weight is 395 g/mol. The average Bonchev–Trinajstić information content (AvgIpc) is 3.16. The Kier molecular flexibility index (Phi) is 7.33. The van der Waals surface area contributed by atoms with Crippen molar-refractivity contribution in [3.05, 3.63) is 35.4 Å². The van der Waals surface area contributed by atoms with Crippen LogP contribution in [-0.2, 0) is 9.53 Å². The summed E-state index contributed by atoms with van der Waals surface area (Å²) < 4.78 is 31.9. The van der Waals surface area contributed by atoms with E-state index in [1.54, 1.807) is 0 Å². The molecule has 2 N–H and O–H groups in total. The summed E-state index contributed by atoms with van der Waals surface area (Å²) in [6.45, 7) is 4.80. The molecule has 2 saturated heterocycles. The topological polar surface area (TPSA) is 70.7 Å². The van der Waals surface area contributed by atoms with Crippen LogP contribution in [0.1, 0.15) is 36.0 Å². The molecule has 2 heterocycles. The minimum absolute atomic E-state index is 0.0992. The van der Waals surface area contributed by atoms with Crippen molar-refractivity contribution in [3.63, 3.8) is 0 Å². The Morgan fingerprint density at radius 2 is 1.96 bits per heavy atom. The van der Waals surface area contributed by atoms with Crippen molar-refractivity contribution < 1.29 is 23.1 Å². The van der Waals surface area contributed by atoms with Crippen LogP contribution < -0.4 is 10.6 Å². The van der Waals surface area contributed by atoms with E-state index in [1.807, 2.05) is 0 Å². The monoisotopic (exact) mass is 395 g/mol. The van der Waals surface area contributed by atoms with Crippen LogP contribution in [0.5, 0.6) is 0 Å². The quantitative estimate of drug-likeness (QED) is 0.737. The number of halogens is 2. The third-order valence-electron chi connectivity index (χ3n) is 5.31. The van der Waals surface area contributed by atoms with Crippen molar-refractivity contribution in [2.24, 2.45) is 5.92 Å². The van der Waals surface area contributed by atoms with Crippen LogP contribution in [-0.4, -0.2) is 62.1 Å². The van der Waals surface area contributed by atoms with Crippen molar-refractivity contribution in [1.29, 1.82) is 0 Å². The van der Waals surface area contributed by atoms with Gasteiger partial charge in [0.1, 0.15) is 11.6 Å². The molecule has 1 unspecified atom stereocenters. The van der Waals surface area contributed by atoms with Crippen LogP contribution in [0.4, 0.5) is 8.78 Å². The van der Waals surface area contributed by atoms with Gasteiger partial charge in [-0.15, -0.1) is 0 Å². The highest BCUT2D eigenvalue weighted by atomic mass is 19.1. The highest BCUT2D eigenvalue weighted by Gasteiger charge is 2.24. The molecule has 3 rings (SSSR count). The van der Waals surface area contributed by atoms with Gasteiger partial charge >= 0.3 is 0 Å². The minimum Gasteiger partial charge on any atom is -0.381 e. The molecule has 8 heteroatoms. The van der Waals surface area contributed by atoms with Crippen molar-refractivity contribution >= 4 is 11.8 Å². The third-order valence-corrected chi connectivity index (χ3v) is 5.31. The molecule has 6 nitrogen and oxygen atoms in total. The molecular formula is C20H27F2N3O3. The standard InChI is InChI=1S/C20H27F2N3O3/c21-15-1-2-17(18(22)11-15)20(27)23-7-3-19(26)24-16-4-8-25(9-5-16)12-14-6-10-28-13-14/h1-2,11,14,16H,3-10,12-13H2,(H,23,27)(H,24,26). The molecule has 0 saturated carbocycles. The highest BCUT2D eigenvalue weighted by Crippen LogP contribution is 2.17. The number of nitrogens with zero attached hydrogens (tertiary/aromatic N) is 1. The van der Waals surface area contributed by atoms with Crippen molar-refractivity contribution in [3.8, 4) is 0 Å². The summed E-state index contributed by atoms with van der Waals surface area (Å²) >= 11 is 0. The van der Waals surface area contributed by atoms with Crippen LogP contribution in [0.3, 0.4) is 0 Å². The Balaban J connectivity index is 1.32. The number of benzene rings is 1. The number of amides is 2. The fraction of sp³-hybridized carbons (Fsp3) is 0.600. The first-order chi connectivity index (χ1) is 13.5. The second kappa shape index (κ2) is 9.93. The van der Waals surface area contributed by atoms with E-state index in [0.717, 1.165) is 64.2 Å². The first-order valence-corrected chi connectivity index (χ1v) is 9.84. The zero-order valence-electron chi connectivity index (χ0n) is 15.9. The lowest BCUT2D eigenvalue weighted by Crippen LogP contribution is -2.46. The Morgan fingerprint density at radius 3 is 2.64 bits per heavy atom. The molecule has 0 aromatic heterocycles. The zero-order valence-corrected chi connectivity index (χ0v) is 15.9. The summed E-state index contributed by atoms with van der Waals surface area (Å²) in [5.74, 6) is -1.83. The number of ether oxygens (including phenoxy) is 1. The first kappa shape index (κ1) is 20.7.